The fourth-order valence-corrected chi connectivity index (χ4v) is 1.51. The van der Waals surface area contributed by atoms with Crippen LogP contribution in [-0.2, 0) is 10.1 Å². The summed E-state index contributed by atoms with van der Waals surface area (Å²) in [5.74, 6) is 0. The second-order valence-corrected chi connectivity index (χ2v) is 3.79. The molecule has 0 atom stereocenters. The van der Waals surface area contributed by atoms with Crippen molar-refractivity contribution in [1.29, 1.82) is 0 Å². The average molecular weight is 240 g/mol. The summed E-state index contributed by atoms with van der Waals surface area (Å²) in [5.41, 5.74) is 4.42. The van der Waals surface area contributed by atoms with Gasteiger partial charge in [-0.05, 0) is 12.1 Å². The van der Waals surface area contributed by atoms with Crippen LogP contribution in [0.3, 0.4) is 0 Å². The summed E-state index contributed by atoms with van der Waals surface area (Å²) in [5, 5.41) is 10.4. The smallest absolute Gasteiger partial charge is 0.744 e. The van der Waals surface area contributed by atoms with Crippen LogP contribution in [0.1, 0.15) is 0 Å². The van der Waals surface area contributed by atoms with E-state index in [4.69, 9.17) is 5.73 Å². The molecule has 1 aromatic carbocycles. The molecular formula is C6H5N2NaO5S. The molecule has 0 saturated heterocycles. The quantitative estimate of drug-likeness (QED) is 0.194. The molecule has 9 heteroatoms. The Morgan fingerprint density at radius 1 is 1.33 bits per heavy atom. The molecule has 0 unspecified atom stereocenters. The monoisotopic (exact) mass is 240 g/mol. The molecule has 76 valence electrons. The fraction of sp³-hybridized carbons (Fsp3) is 0. The van der Waals surface area contributed by atoms with Gasteiger partial charge in [0.15, 0.2) is 0 Å². The van der Waals surface area contributed by atoms with Gasteiger partial charge >= 0.3 is 29.6 Å². The summed E-state index contributed by atoms with van der Waals surface area (Å²) in [6, 6.07) is 2.75. The van der Waals surface area contributed by atoms with Gasteiger partial charge in [-0.15, -0.1) is 0 Å². The number of nitro groups is 1. The summed E-state index contributed by atoms with van der Waals surface area (Å²) in [4.78, 5) is 8.52. The third-order valence-corrected chi connectivity index (χ3v) is 2.33. The van der Waals surface area contributed by atoms with Crippen LogP contribution >= 0.6 is 0 Å². The van der Waals surface area contributed by atoms with Gasteiger partial charge in [0.1, 0.15) is 15.0 Å². The Morgan fingerprint density at radius 3 is 2.27 bits per heavy atom. The first kappa shape index (κ1) is 14.3. The van der Waals surface area contributed by atoms with E-state index in [-0.39, 0.29) is 35.2 Å². The maximum atomic E-state index is 10.6. The van der Waals surface area contributed by atoms with Crippen LogP contribution < -0.4 is 35.3 Å². The largest absolute Gasteiger partial charge is 1.00 e. The van der Waals surface area contributed by atoms with E-state index < -0.39 is 25.6 Å². The molecule has 0 bridgehead atoms. The van der Waals surface area contributed by atoms with Crippen molar-refractivity contribution in [2.45, 2.75) is 4.90 Å². The Kier molecular flexibility index (Phi) is 4.68. The van der Waals surface area contributed by atoms with Crippen molar-refractivity contribution >= 4 is 21.5 Å². The van der Waals surface area contributed by atoms with E-state index >= 15 is 0 Å². The van der Waals surface area contributed by atoms with Crippen molar-refractivity contribution in [3.8, 4) is 0 Å². The Morgan fingerprint density at radius 2 is 1.87 bits per heavy atom. The molecule has 1 rings (SSSR count). The van der Waals surface area contributed by atoms with Gasteiger partial charge in [-0.3, -0.25) is 10.1 Å². The van der Waals surface area contributed by atoms with Gasteiger partial charge in [0.2, 0.25) is 0 Å². The first-order chi connectivity index (χ1) is 6.32. The van der Waals surface area contributed by atoms with Crippen molar-refractivity contribution in [3.63, 3.8) is 0 Å². The minimum Gasteiger partial charge on any atom is -0.744 e. The SMILES string of the molecule is Nc1ccc(S(=O)(=O)[O-])c([N+](=O)[O-])c1.[Na+]. The van der Waals surface area contributed by atoms with Crippen LogP contribution in [0.25, 0.3) is 0 Å². The molecule has 0 fully saturated rings. The van der Waals surface area contributed by atoms with E-state index in [1.807, 2.05) is 0 Å². The van der Waals surface area contributed by atoms with Gasteiger partial charge in [0.05, 0.1) is 4.92 Å². The van der Waals surface area contributed by atoms with Crippen LogP contribution in [0.2, 0.25) is 0 Å². The van der Waals surface area contributed by atoms with Gasteiger partial charge < -0.3 is 10.3 Å². The molecule has 2 N–H and O–H groups in total. The minimum atomic E-state index is -4.84. The van der Waals surface area contributed by atoms with Crippen molar-refractivity contribution in [1.82, 2.24) is 0 Å². The summed E-state index contributed by atoms with van der Waals surface area (Å²) in [6.45, 7) is 0. The fourth-order valence-electron chi connectivity index (χ4n) is 0.888. The number of hydrogen-bond donors (Lipinski definition) is 1. The predicted molar refractivity (Wildman–Crippen MR) is 45.5 cm³/mol. The molecule has 0 spiro atoms. The molecule has 0 amide bonds. The summed E-state index contributed by atoms with van der Waals surface area (Å²) in [6.07, 6.45) is 0. The van der Waals surface area contributed by atoms with Crippen LogP contribution in [-0.4, -0.2) is 17.9 Å². The topological polar surface area (TPSA) is 126 Å². The Balaban J connectivity index is 0.00000196. The molecule has 15 heavy (non-hydrogen) atoms. The number of nitrogen functional groups attached to an aromatic ring is 1. The Labute approximate surface area is 107 Å². The molecule has 0 aliphatic rings. The minimum absolute atomic E-state index is 0. The molecule has 1 aromatic rings. The van der Waals surface area contributed by atoms with Gasteiger partial charge in [-0.2, -0.15) is 0 Å². The van der Waals surface area contributed by atoms with Crippen LogP contribution in [0.15, 0.2) is 23.1 Å². The van der Waals surface area contributed by atoms with Crippen molar-refractivity contribution < 1.29 is 47.5 Å². The number of hydrogen-bond acceptors (Lipinski definition) is 6. The van der Waals surface area contributed by atoms with Gasteiger partial charge in [0.25, 0.3) is 5.69 Å². The molecule has 0 aliphatic heterocycles. The summed E-state index contributed by atoms with van der Waals surface area (Å²) in [7, 11) is -4.84. The number of nitrogens with two attached hydrogens (primary N) is 1. The average Bonchev–Trinajstić information content (AvgIpc) is 2.01. The van der Waals surface area contributed by atoms with Crippen molar-refractivity contribution in [2.75, 3.05) is 5.73 Å². The summed E-state index contributed by atoms with van der Waals surface area (Å²) < 4.78 is 31.7. The predicted octanol–water partition coefficient (Wildman–Crippen LogP) is -2.91. The zero-order valence-electron chi connectivity index (χ0n) is 7.71. The van der Waals surface area contributed by atoms with E-state index in [9.17, 15) is 23.1 Å². The van der Waals surface area contributed by atoms with Crippen LogP contribution in [0.5, 0.6) is 0 Å². The molecule has 0 radical (unpaired) electrons. The van der Waals surface area contributed by atoms with E-state index in [1.54, 1.807) is 0 Å². The van der Waals surface area contributed by atoms with Gasteiger partial charge in [0, 0.05) is 11.8 Å². The number of nitro benzene ring substituents is 1. The molecule has 7 nitrogen and oxygen atoms in total. The normalized spacial score (nSPS) is 10.5. The third kappa shape index (κ3) is 3.43. The van der Waals surface area contributed by atoms with E-state index in [0.29, 0.717) is 0 Å². The third-order valence-electron chi connectivity index (χ3n) is 1.45. The van der Waals surface area contributed by atoms with Crippen molar-refractivity contribution in [2.24, 2.45) is 0 Å². The van der Waals surface area contributed by atoms with E-state index in [0.717, 1.165) is 18.2 Å². The maximum absolute atomic E-state index is 10.6. The molecule has 0 heterocycles. The molecular weight excluding hydrogens is 235 g/mol. The summed E-state index contributed by atoms with van der Waals surface area (Å²) >= 11 is 0. The Hall–Kier alpha value is -0.670. The Bertz CT molecular complexity index is 486. The molecule has 0 saturated carbocycles. The molecule has 0 aliphatic carbocycles. The van der Waals surface area contributed by atoms with E-state index in [2.05, 4.69) is 0 Å². The zero-order valence-corrected chi connectivity index (χ0v) is 10.5. The van der Waals surface area contributed by atoms with Gasteiger partial charge in [-0.1, -0.05) is 0 Å². The number of anilines is 1. The number of benzene rings is 1. The first-order valence-electron chi connectivity index (χ1n) is 3.32. The van der Waals surface area contributed by atoms with Crippen LogP contribution in [0.4, 0.5) is 11.4 Å². The second-order valence-electron chi connectivity index (χ2n) is 2.44. The van der Waals surface area contributed by atoms with Crippen molar-refractivity contribution in [3.05, 3.63) is 28.3 Å². The van der Waals surface area contributed by atoms with Gasteiger partial charge in [-0.25, -0.2) is 8.42 Å². The molecule has 0 aromatic heterocycles. The zero-order chi connectivity index (χ0) is 10.9. The number of rotatable bonds is 2. The maximum Gasteiger partial charge on any atom is 1.00 e. The number of nitrogens with zero attached hydrogens (tertiary/aromatic N) is 1. The standard InChI is InChI=1S/C6H6N2O5S.Na/c7-4-1-2-6(14(11,12)13)5(3-4)8(9)10;/h1-3H,7H2,(H,11,12,13);/q;+1/p-1. The first-order valence-corrected chi connectivity index (χ1v) is 4.73. The van der Waals surface area contributed by atoms with Crippen LogP contribution in [0, 0.1) is 10.1 Å². The van der Waals surface area contributed by atoms with E-state index in [1.165, 1.54) is 0 Å². The second kappa shape index (κ2) is 4.90.